The van der Waals surface area contributed by atoms with E-state index in [0.29, 0.717) is 0 Å². The molecule has 2 rings (SSSR count). The predicted molar refractivity (Wildman–Crippen MR) is 105 cm³/mol. The first-order valence-corrected chi connectivity index (χ1v) is 8.89. The molecule has 0 aliphatic carbocycles. The van der Waals surface area contributed by atoms with Gasteiger partial charge in [0.2, 0.25) is 17.7 Å². The second-order valence-electron chi connectivity index (χ2n) is 6.33. The number of aryl methyl sites for hydroxylation is 1. The average molecular weight is 367 g/mol. The van der Waals surface area contributed by atoms with Crippen LogP contribution < -0.4 is 16.0 Å². The predicted octanol–water partition coefficient (Wildman–Crippen LogP) is 2.11. The number of amides is 3. The molecular weight excluding hydrogens is 342 g/mol. The Balaban J connectivity index is 1.65. The SMILES string of the molecule is Cc1cccc(NC(=O)CNC(=O)CCNC(=O)Cc2ccccc2)c1C. The van der Waals surface area contributed by atoms with Crippen molar-refractivity contribution in [3.63, 3.8) is 0 Å². The van der Waals surface area contributed by atoms with Crippen LogP contribution in [0.1, 0.15) is 23.1 Å². The molecule has 0 unspecified atom stereocenters. The molecular formula is C21H25N3O3. The van der Waals surface area contributed by atoms with E-state index in [1.54, 1.807) is 0 Å². The third kappa shape index (κ3) is 6.93. The van der Waals surface area contributed by atoms with E-state index >= 15 is 0 Å². The Bertz CT molecular complexity index is 804. The Labute approximate surface area is 159 Å². The van der Waals surface area contributed by atoms with Crippen molar-refractivity contribution >= 4 is 23.4 Å². The van der Waals surface area contributed by atoms with Crippen molar-refractivity contribution in [1.82, 2.24) is 10.6 Å². The standard InChI is InChI=1S/C21H25N3O3/c1-15-7-6-10-18(16(15)2)24-21(27)14-23-19(25)11-12-22-20(26)13-17-8-4-3-5-9-17/h3-10H,11-14H2,1-2H3,(H,22,26)(H,23,25)(H,24,27). The van der Waals surface area contributed by atoms with Gasteiger partial charge in [-0.2, -0.15) is 0 Å². The second kappa shape index (κ2) is 10.1. The van der Waals surface area contributed by atoms with Crippen LogP contribution in [0.2, 0.25) is 0 Å². The molecule has 0 spiro atoms. The maximum Gasteiger partial charge on any atom is 0.243 e. The van der Waals surface area contributed by atoms with E-state index in [0.717, 1.165) is 22.4 Å². The van der Waals surface area contributed by atoms with Crippen LogP contribution in [-0.2, 0) is 20.8 Å². The van der Waals surface area contributed by atoms with Crippen molar-refractivity contribution in [3.8, 4) is 0 Å². The number of carbonyl (C=O) groups is 3. The lowest BCUT2D eigenvalue weighted by Crippen LogP contribution is -2.35. The van der Waals surface area contributed by atoms with Crippen LogP contribution >= 0.6 is 0 Å². The highest BCUT2D eigenvalue weighted by molar-refractivity contribution is 5.95. The zero-order valence-electron chi connectivity index (χ0n) is 15.7. The quantitative estimate of drug-likeness (QED) is 0.668. The van der Waals surface area contributed by atoms with Crippen molar-refractivity contribution in [1.29, 1.82) is 0 Å². The highest BCUT2D eigenvalue weighted by Gasteiger charge is 2.09. The number of nitrogens with one attached hydrogen (secondary N) is 3. The number of hydrogen-bond donors (Lipinski definition) is 3. The van der Waals surface area contributed by atoms with Crippen molar-refractivity contribution in [3.05, 3.63) is 65.2 Å². The maximum atomic E-state index is 12.0. The molecule has 6 nitrogen and oxygen atoms in total. The molecule has 3 amide bonds. The summed E-state index contributed by atoms with van der Waals surface area (Å²) in [6.07, 6.45) is 0.401. The summed E-state index contributed by atoms with van der Waals surface area (Å²) >= 11 is 0. The summed E-state index contributed by atoms with van der Waals surface area (Å²) < 4.78 is 0. The van der Waals surface area contributed by atoms with E-state index < -0.39 is 0 Å². The first kappa shape index (κ1) is 20.2. The Morgan fingerprint density at radius 2 is 1.56 bits per heavy atom. The Morgan fingerprint density at radius 1 is 0.815 bits per heavy atom. The van der Waals surface area contributed by atoms with Crippen LogP contribution in [0.15, 0.2) is 48.5 Å². The molecule has 0 radical (unpaired) electrons. The molecule has 0 aromatic heterocycles. The summed E-state index contributed by atoms with van der Waals surface area (Å²) in [5.41, 5.74) is 3.74. The molecule has 2 aromatic carbocycles. The van der Waals surface area contributed by atoms with Crippen LogP contribution in [0, 0.1) is 13.8 Å². The molecule has 6 heteroatoms. The largest absolute Gasteiger partial charge is 0.355 e. The van der Waals surface area contributed by atoms with Crippen molar-refractivity contribution in [2.75, 3.05) is 18.4 Å². The molecule has 0 bridgehead atoms. The molecule has 0 aliphatic heterocycles. The first-order chi connectivity index (χ1) is 13.0. The smallest absolute Gasteiger partial charge is 0.243 e. The fraction of sp³-hybridized carbons (Fsp3) is 0.286. The minimum absolute atomic E-state index is 0.107. The van der Waals surface area contributed by atoms with E-state index in [9.17, 15) is 14.4 Å². The Kier molecular flexibility index (Phi) is 7.55. The van der Waals surface area contributed by atoms with E-state index in [-0.39, 0.29) is 43.7 Å². The highest BCUT2D eigenvalue weighted by Crippen LogP contribution is 2.17. The van der Waals surface area contributed by atoms with Crippen molar-refractivity contribution < 1.29 is 14.4 Å². The van der Waals surface area contributed by atoms with Gasteiger partial charge >= 0.3 is 0 Å². The molecule has 142 valence electrons. The molecule has 27 heavy (non-hydrogen) atoms. The topological polar surface area (TPSA) is 87.3 Å². The van der Waals surface area contributed by atoms with Crippen LogP contribution in [0.3, 0.4) is 0 Å². The number of rotatable bonds is 8. The summed E-state index contributed by atoms with van der Waals surface area (Å²) in [7, 11) is 0. The third-order valence-electron chi connectivity index (χ3n) is 4.21. The van der Waals surface area contributed by atoms with Crippen LogP contribution in [0.4, 0.5) is 5.69 Å². The van der Waals surface area contributed by atoms with Gasteiger partial charge in [0, 0.05) is 18.7 Å². The normalized spacial score (nSPS) is 10.1. The summed E-state index contributed by atoms with van der Waals surface area (Å²) in [6.45, 7) is 4.03. The molecule has 0 atom stereocenters. The van der Waals surface area contributed by atoms with Crippen LogP contribution in [0.5, 0.6) is 0 Å². The van der Waals surface area contributed by atoms with Gasteiger partial charge < -0.3 is 16.0 Å². The van der Waals surface area contributed by atoms with E-state index in [4.69, 9.17) is 0 Å². The third-order valence-corrected chi connectivity index (χ3v) is 4.21. The van der Waals surface area contributed by atoms with E-state index in [1.165, 1.54) is 0 Å². The van der Waals surface area contributed by atoms with Gasteiger partial charge in [0.05, 0.1) is 13.0 Å². The van der Waals surface area contributed by atoms with Gasteiger partial charge in [-0.15, -0.1) is 0 Å². The molecule has 0 aliphatic rings. The summed E-state index contributed by atoms with van der Waals surface area (Å²) in [5, 5.41) is 8.05. The van der Waals surface area contributed by atoms with E-state index in [2.05, 4.69) is 16.0 Å². The van der Waals surface area contributed by atoms with Gasteiger partial charge in [0.1, 0.15) is 0 Å². The monoisotopic (exact) mass is 367 g/mol. The van der Waals surface area contributed by atoms with Crippen LogP contribution in [-0.4, -0.2) is 30.8 Å². The van der Waals surface area contributed by atoms with E-state index in [1.807, 2.05) is 62.4 Å². The summed E-state index contributed by atoms with van der Waals surface area (Å²) in [5.74, 6) is -0.710. The Hall–Kier alpha value is -3.15. The first-order valence-electron chi connectivity index (χ1n) is 8.89. The second-order valence-corrected chi connectivity index (χ2v) is 6.33. The fourth-order valence-electron chi connectivity index (χ4n) is 2.51. The molecule has 0 saturated carbocycles. The summed E-state index contributed by atoms with van der Waals surface area (Å²) in [6, 6.07) is 15.1. The zero-order valence-corrected chi connectivity index (χ0v) is 15.7. The van der Waals surface area contributed by atoms with Gasteiger partial charge in [0.25, 0.3) is 0 Å². The fourth-order valence-corrected chi connectivity index (χ4v) is 2.51. The van der Waals surface area contributed by atoms with Crippen molar-refractivity contribution in [2.45, 2.75) is 26.7 Å². The van der Waals surface area contributed by atoms with Crippen LogP contribution in [0.25, 0.3) is 0 Å². The van der Waals surface area contributed by atoms with Crippen molar-refractivity contribution in [2.24, 2.45) is 0 Å². The Morgan fingerprint density at radius 3 is 2.30 bits per heavy atom. The average Bonchev–Trinajstić information content (AvgIpc) is 2.64. The number of anilines is 1. The zero-order chi connectivity index (χ0) is 19.6. The minimum Gasteiger partial charge on any atom is -0.355 e. The van der Waals surface area contributed by atoms with Gasteiger partial charge in [-0.05, 0) is 36.6 Å². The maximum absolute atomic E-state index is 12.0. The number of hydrogen-bond acceptors (Lipinski definition) is 3. The summed E-state index contributed by atoms with van der Waals surface area (Å²) in [4.78, 5) is 35.6. The molecule has 3 N–H and O–H groups in total. The number of benzene rings is 2. The molecule has 0 fully saturated rings. The lowest BCUT2D eigenvalue weighted by Gasteiger charge is -2.11. The molecule has 0 heterocycles. The number of carbonyl (C=O) groups excluding carboxylic acids is 3. The van der Waals surface area contributed by atoms with Gasteiger partial charge in [-0.3, -0.25) is 14.4 Å². The van der Waals surface area contributed by atoms with Gasteiger partial charge in [-0.1, -0.05) is 42.5 Å². The highest BCUT2D eigenvalue weighted by atomic mass is 16.2. The lowest BCUT2D eigenvalue weighted by molar-refractivity contribution is -0.124. The molecule has 0 saturated heterocycles. The molecule has 2 aromatic rings. The lowest BCUT2D eigenvalue weighted by atomic mass is 10.1. The van der Waals surface area contributed by atoms with Gasteiger partial charge in [-0.25, -0.2) is 0 Å². The minimum atomic E-state index is -0.287. The van der Waals surface area contributed by atoms with Gasteiger partial charge in [0.15, 0.2) is 0 Å².